The highest BCUT2D eigenvalue weighted by molar-refractivity contribution is 6.12. The molecule has 1 amide bonds. The maximum absolute atomic E-state index is 13.6. The molecule has 0 bridgehead atoms. The molecule has 0 saturated carbocycles. The molecule has 3 aliphatic rings. The third kappa shape index (κ3) is 3.03. The Morgan fingerprint density at radius 2 is 2.07 bits per heavy atom. The van der Waals surface area contributed by atoms with Gasteiger partial charge in [0.05, 0.1) is 32.1 Å². The van der Waals surface area contributed by atoms with Gasteiger partial charge in [-0.25, -0.2) is 0 Å². The van der Waals surface area contributed by atoms with Crippen molar-refractivity contribution in [1.29, 1.82) is 5.26 Å². The van der Waals surface area contributed by atoms with E-state index in [4.69, 9.17) is 9.47 Å². The van der Waals surface area contributed by atoms with Crippen molar-refractivity contribution in [2.75, 3.05) is 31.8 Å². The lowest BCUT2D eigenvalue weighted by Gasteiger charge is -2.34. The highest BCUT2D eigenvalue weighted by atomic mass is 16.7. The molecule has 0 aromatic heterocycles. The van der Waals surface area contributed by atoms with Crippen LogP contribution >= 0.6 is 0 Å². The maximum atomic E-state index is 13.6. The van der Waals surface area contributed by atoms with Crippen LogP contribution in [-0.4, -0.2) is 38.9 Å². The topological polar surface area (TPSA) is 67.0 Å². The standard InChI is InChI=1S/C24H23N3O3/c1-15-3-5-20-18(9-15)19-13-26(2)8-7-21(19)27(20)24(28)17(12-25)10-16-4-6-22-23(11-16)30-14-29-22/h3-6,9-11,19,21H,7-8,13-14H2,1-2H3/p+1/b17-10+/t19-,21-/m0/s1. The zero-order valence-electron chi connectivity index (χ0n) is 17.1. The van der Waals surface area contributed by atoms with Gasteiger partial charge in [0.2, 0.25) is 6.79 Å². The van der Waals surface area contributed by atoms with E-state index in [9.17, 15) is 10.1 Å². The summed E-state index contributed by atoms with van der Waals surface area (Å²) in [7, 11) is 2.20. The number of rotatable bonds is 2. The summed E-state index contributed by atoms with van der Waals surface area (Å²) in [6, 6.07) is 14.0. The number of fused-ring (bicyclic) bond motifs is 4. The first-order valence-corrected chi connectivity index (χ1v) is 10.3. The highest BCUT2D eigenvalue weighted by Crippen LogP contribution is 2.43. The third-order valence-electron chi connectivity index (χ3n) is 6.35. The first-order valence-electron chi connectivity index (χ1n) is 10.3. The third-order valence-corrected chi connectivity index (χ3v) is 6.35. The lowest BCUT2D eigenvalue weighted by atomic mass is 9.88. The predicted molar refractivity (Wildman–Crippen MR) is 113 cm³/mol. The van der Waals surface area contributed by atoms with Gasteiger partial charge >= 0.3 is 0 Å². The number of amides is 1. The van der Waals surface area contributed by atoms with Crippen LogP contribution in [-0.2, 0) is 4.79 Å². The Kier molecular flexibility index (Phi) is 4.48. The molecular weight excluding hydrogens is 378 g/mol. The number of quaternary nitrogens is 1. The van der Waals surface area contributed by atoms with Gasteiger partial charge in [-0.3, -0.25) is 4.79 Å². The average molecular weight is 402 g/mol. The van der Waals surface area contributed by atoms with Crippen LogP contribution in [0.3, 0.4) is 0 Å². The number of carbonyl (C=O) groups excluding carboxylic acids is 1. The number of piperidine rings is 1. The zero-order chi connectivity index (χ0) is 20.8. The lowest BCUT2D eigenvalue weighted by molar-refractivity contribution is -0.886. The molecule has 2 aromatic rings. The average Bonchev–Trinajstić information content (AvgIpc) is 3.33. The molecule has 30 heavy (non-hydrogen) atoms. The molecule has 0 spiro atoms. The fourth-order valence-corrected chi connectivity index (χ4v) is 4.91. The van der Waals surface area contributed by atoms with Crippen LogP contribution in [0.25, 0.3) is 6.08 Å². The molecule has 5 rings (SSSR count). The molecule has 6 heteroatoms. The molecule has 3 heterocycles. The summed E-state index contributed by atoms with van der Waals surface area (Å²) < 4.78 is 10.8. The van der Waals surface area contributed by atoms with Gasteiger partial charge in [-0.15, -0.1) is 0 Å². The first kappa shape index (κ1) is 18.7. The van der Waals surface area contributed by atoms with Gasteiger partial charge in [0, 0.05) is 12.1 Å². The Morgan fingerprint density at radius 1 is 1.23 bits per heavy atom. The summed E-state index contributed by atoms with van der Waals surface area (Å²) >= 11 is 0. The predicted octanol–water partition coefficient (Wildman–Crippen LogP) is 2.05. The number of benzene rings is 2. The van der Waals surface area contributed by atoms with Gasteiger partial charge in [-0.2, -0.15) is 5.26 Å². The molecule has 1 fully saturated rings. The van der Waals surface area contributed by atoms with E-state index in [1.807, 2.05) is 23.1 Å². The van der Waals surface area contributed by atoms with E-state index in [2.05, 4.69) is 26.1 Å². The number of nitrogens with one attached hydrogen (secondary N) is 1. The van der Waals surface area contributed by atoms with E-state index in [1.165, 1.54) is 16.0 Å². The quantitative estimate of drug-likeness (QED) is 0.617. The van der Waals surface area contributed by atoms with E-state index >= 15 is 0 Å². The molecule has 1 unspecified atom stereocenters. The normalized spacial score (nSPS) is 24.2. The fourth-order valence-electron chi connectivity index (χ4n) is 4.91. The number of anilines is 1. The van der Waals surface area contributed by atoms with E-state index in [0.717, 1.165) is 30.8 Å². The van der Waals surface area contributed by atoms with Gasteiger partial charge in [0.15, 0.2) is 11.5 Å². The molecule has 3 atom stereocenters. The molecule has 3 aliphatic heterocycles. The van der Waals surface area contributed by atoms with E-state index < -0.39 is 0 Å². The van der Waals surface area contributed by atoms with Gasteiger partial charge in [-0.05, 0) is 42.3 Å². The number of hydrogen-bond acceptors (Lipinski definition) is 4. The molecule has 0 radical (unpaired) electrons. The van der Waals surface area contributed by atoms with Crippen molar-refractivity contribution in [2.24, 2.45) is 0 Å². The van der Waals surface area contributed by atoms with Crippen LogP contribution in [0.5, 0.6) is 11.5 Å². The molecule has 6 nitrogen and oxygen atoms in total. The molecule has 1 N–H and O–H groups in total. The van der Waals surface area contributed by atoms with Crippen LogP contribution in [0.4, 0.5) is 5.69 Å². The Bertz CT molecular complexity index is 1100. The summed E-state index contributed by atoms with van der Waals surface area (Å²) in [6.45, 7) is 4.29. The lowest BCUT2D eigenvalue weighted by Crippen LogP contribution is -3.11. The highest BCUT2D eigenvalue weighted by Gasteiger charge is 2.46. The minimum atomic E-state index is -0.229. The van der Waals surface area contributed by atoms with Gasteiger partial charge in [-0.1, -0.05) is 23.8 Å². The number of aryl methyl sites for hydroxylation is 1. The molecular formula is C24H24N3O3+. The van der Waals surface area contributed by atoms with Crippen molar-refractivity contribution in [1.82, 2.24) is 0 Å². The number of nitriles is 1. The second kappa shape index (κ2) is 7.19. The smallest absolute Gasteiger partial charge is 0.269 e. The van der Waals surface area contributed by atoms with Crippen molar-refractivity contribution in [3.05, 3.63) is 58.7 Å². The summed E-state index contributed by atoms with van der Waals surface area (Å²) in [4.78, 5) is 16.9. The Morgan fingerprint density at radius 3 is 2.90 bits per heavy atom. The van der Waals surface area contributed by atoms with E-state index in [1.54, 1.807) is 18.2 Å². The van der Waals surface area contributed by atoms with Crippen LogP contribution in [0, 0.1) is 18.3 Å². The van der Waals surface area contributed by atoms with Crippen molar-refractivity contribution in [2.45, 2.75) is 25.3 Å². The van der Waals surface area contributed by atoms with Crippen molar-refractivity contribution < 1.29 is 19.2 Å². The SMILES string of the molecule is Cc1ccc2c(c1)[C@@H]1C[NH+](C)CC[C@@H]1N2C(=O)/C(C#N)=C/c1ccc2c(c1)OCO2. The summed E-state index contributed by atoms with van der Waals surface area (Å²) in [5.74, 6) is 1.39. The Balaban J connectivity index is 1.52. The van der Waals surface area contributed by atoms with E-state index in [-0.39, 0.29) is 24.3 Å². The Labute approximate surface area is 175 Å². The molecule has 152 valence electrons. The van der Waals surface area contributed by atoms with Crippen molar-refractivity contribution >= 4 is 17.7 Å². The van der Waals surface area contributed by atoms with Gasteiger partial charge < -0.3 is 19.3 Å². The van der Waals surface area contributed by atoms with Gasteiger partial charge in [0.1, 0.15) is 11.6 Å². The monoisotopic (exact) mass is 402 g/mol. The van der Waals surface area contributed by atoms with E-state index in [0.29, 0.717) is 17.4 Å². The number of ether oxygens (including phenoxy) is 2. The van der Waals surface area contributed by atoms with Crippen LogP contribution < -0.4 is 19.3 Å². The number of carbonyl (C=O) groups is 1. The fraction of sp³-hybridized carbons (Fsp3) is 0.333. The van der Waals surface area contributed by atoms with Crippen molar-refractivity contribution in [3.63, 3.8) is 0 Å². The molecule has 1 saturated heterocycles. The van der Waals surface area contributed by atoms with Crippen LogP contribution in [0.2, 0.25) is 0 Å². The summed E-state index contributed by atoms with van der Waals surface area (Å²) in [5, 5.41) is 9.82. The van der Waals surface area contributed by atoms with Gasteiger partial charge in [0.25, 0.3) is 5.91 Å². The minimum Gasteiger partial charge on any atom is -0.454 e. The first-order chi connectivity index (χ1) is 14.5. The number of likely N-dealkylation sites (tertiary alicyclic amines) is 1. The largest absolute Gasteiger partial charge is 0.454 e. The number of likely N-dealkylation sites (N-methyl/N-ethyl adjacent to an activating group) is 1. The van der Waals surface area contributed by atoms with Crippen LogP contribution in [0.1, 0.15) is 29.0 Å². The number of nitrogens with zero attached hydrogens (tertiary/aromatic N) is 2. The molecule has 0 aliphatic carbocycles. The Hall–Kier alpha value is -3.30. The second-order valence-electron chi connectivity index (χ2n) is 8.39. The van der Waals surface area contributed by atoms with Crippen LogP contribution in [0.15, 0.2) is 42.0 Å². The number of hydrogen-bond donors (Lipinski definition) is 1. The second-order valence-corrected chi connectivity index (χ2v) is 8.39. The summed E-state index contributed by atoms with van der Waals surface area (Å²) in [5.41, 5.74) is 4.25. The minimum absolute atomic E-state index is 0.103. The zero-order valence-corrected chi connectivity index (χ0v) is 17.1. The maximum Gasteiger partial charge on any atom is 0.269 e. The van der Waals surface area contributed by atoms with Crippen molar-refractivity contribution in [3.8, 4) is 17.6 Å². The molecule has 2 aromatic carbocycles. The summed E-state index contributed by atoms with van der Waals surface area (Å²) in [6.07, 6.45) is 2.57.